The first-order chi connectivity index (χ1) is 17.7. The van der Waals surface area contributed by atoms with Crippen LogP contribution in [0.25, 0.3) is 0 Å². The van der Waals surface area contributed by atoms with E-state index >= 15 is 0 Å². The molecule has 0 radical (unpaired) electrons. The molecule has 9 nitrogen and oxygen atoms in total. The number of hydrogen-bond acceptors (Lipinski definition) is 6. The van der Waals surface area contributed by atoms with E-state index in [2.05, 4.69) is 10.6 Å². The maximum atomic E-state index is 13.7. The topological polar surface area (TPSA) is 117 Å². The number of anilines is 2. The first-order valence-corrected chi connectivity index (χ1v) is 12.3. The van der Waals surface area contributed by atoms with Gasteiger partial charge < -0.3 is 30.9 Å². The number of amides is 3. The number of hydrogen-bond donors (Lipinski definition) is 3. The average Bonchev–Trinajstić information content (AvgIpc) is 2.91. The summed E-state index contributed by atoms with van der Waals surface area (Å²) in [5.74, 6) is -3.10. The summed E-state index contributed by atoms with van der Waals surface area (Å²) in [6.07, 6.45) is 2.88. The summed E-state index contributed by atoms with van der Waals surface area (Å²) in [6.45, 7) is 1.76. The van der Waals surface area contributed by atoms with Crippen molar-refractivity contribution in [2.24, 2.45) is 5.73 Å². The summed E-state index contributed by atoms with van der Waals surface area (Å²) in [5, 5.41) is 5.78. The van der Waals surface area contributed by atoms with Gasteiger partial charge in [0.25, 0.3) is 11.8 Å². The lowest BCUT2D eigenvalue weighted by atomic mass is 9.91. The standard InChI is InChI=1S/C26H31F2N5O4/c1-37-26(36)33-12-10-32(11-13-33)23-9-3-17(24(34)30-19-6-4-18(29)5-7-19)15-22(23)31-25(35)16-2-8-20(27)21(28)14-16/h2-3,8-9,14-15,18-19H,4-7,10-13,29H2,1H3,(H,30,34)(H,31,35). The van der Waals surface area contributed by atoms with E-state index in [1.807, 2.05) is 4.90 Å². The normalized spacial score (nSPS) is 19.8. The third-order valence-electron chi connectivity index (χ3n) is 6.85. The number of piperazine rings is 1. The first-order valence-electron chi connectivity index (χ1n) is 12.3. The Morgan fingerprint density at radius 3 is 2.19 bits per heavy atom. The Morgan fingerprint density at radius 2 is 1.54 bits per heavy atom. The Balaban J connectivity index is 1.56. The number of carbonyl (C=O) groups is 3. The number of nitrogens with zero attached hydrogens (tertiary/aromatic N) is 2. The van der Waals surface area contributed by atoms with Crippen molar-refractivity contribution >= 4 is 29.3 Å². The van der Waals surface area contributed by atoms with E-state index in [1.54, 1.807) is 23.1 Å². The predicted octanol–water partition coefficient (Wildman–Crippen LogP) is 3.11. The number of benzene rings is 2. The van der Waals surface area contributed by atoms with Crippen molar-refractivity contribution in [2.45, 2.75) is 37.8 Å². The zero-order chi connectivity index (χ0) is 26.5. The van der Waals surface area contributed by atoms with Gasteiger partial charge in [-0.1, -0.05) is 0 Å². The smallest absolute Gasteiger partial charge is 0.409 e. The number of nitrogens with one attached hydrogen (secondary N) is 2. The summed E-state index contributed by atoms with van der Waals surface area (Å²) in [7, 11) is 1.33. The molecule has 2 aromatic carbocycles. The van der Waals surface area contributed by atoms with Crippen molar-refractivity contribution < 1.29 is 27.9 Å². The quantitative estimate of drug-likeness (QED) is 0.564. The van der Waals surface area contributed by atoms with Crippen molar-refractivity contribution in [1.29, 1.82) is 0 Å². The van der Waals surface area contributed by atoms with Crippen molar-refractivity contribution in [2.75, 3.05) is 43.5 Å². The number of ether oxygens (including phenoxy) is 1. The molecule has 1 saturated carbocycles. The lowest BCUT2D eigenvalue weighted by Gasteiger charge is -2.36. The highest BCUT2D eigenvalue weighted by Crippen LogP contribution is 2.30. The minimum atomic E-state index is -1.13. The average molecular weight is 516 g/mol. The van der Waals surface area contributed by atoms with E-state index in [9.17, 15) is 23.2 Å². The molecule has 1 aliphatic heterocycles. The van der Waals surface area contributed by atoms with Gasteiger partial charge in [-0.15, -0.1) is 0 Å². The molecule has 2 fully saturated rings. The van der Waals surface area contributed by atoms with Gasteiger partial charge >= 0.3 is 6.09 Å². The molecule has 1 aliphatic carbocycles. The third kappa shape index (κ3) is 6.34. The zero-order valence-corrected chi connectivity index (χ0v) is 20.6. The Labute approximate surface area is 213 Å². The first kappa shape index (κ1) is 26.3. The maximum Gasteiger partial charge on any atom is 0.409 e. The van der Waals surface area contributed by atoms with Gasteiger partial charge in [-0.25, -0.2) is 13.6 Å². The molecule has 1 heterocycles. The number of methoxy groups -OCH3 is 1. The van der Waals surface area contributed by atoms with E-state index in [1.165, 1.54) is 13.2 Å². The van der Waals surface area contributed by atoms with E-state index in [-0.39, 0.29) is 23.6 Å². The summed E-state index contributed by atoms with van der Waals surface area (Å²) in [6, 6.07) is 8.07. The fraction of sp³-hybridized carbons (Fsp3) is 0.423. The number of carbonyl (C=O) groups excluding carboxylic acids is 3. The van der Waals surface area contributed by atoms with Crippen molar-refractivity contribution in [1.82, 2.24) is 10.2 Å². The second-order valence-corrected chi connectivity index (χ2v) is 9.34. The molecule has 0 aromatic heterocycles. The summed E-state index contributed by atoms with van der Waals surface area (Å²) >= 11 is 0. The van der Waals surface area contributed by atoms with E-state index in [0.717, 1.165) is 37.8 Å². The maximum absolute atomic E-state index is 13.7. The Bertz CT molecular complexity index is 1160. The van der Waals surface area contributed by atoms with Crippen LogP contribution < -0.4 is 21.3 Å². The van der Waals surface area contributed by atoms with Crippen molar-refractivity contribution in [3.63, 3.8) is 0 Å². The summed E-state index contributed by atoms with van der Waals surface area (Å²) in [4.78, 5) is 41.3. The summed E-state index contributed by atoms with van der Waals surface area (Å²) < 4.78 is 31.9. The number of halogens is 2. The molecule has 0 atom stereocenters. The highest BCUT2D eigenvalue weighted by Gasteiger charge is 2.25. The molecule has 3 amide bonds. The molecule has 2 aromatic rings. The van der Waals surface area contributed by atoms with Crippen LogP contribution in [0.1, 0.15) is 46.4 Å². The van der Waals surface area contributed by atoms with Crippen LogP contribution in [0.3, 0.4) is 0 Å². The molecule has 11 heteroatoms. The number of rotatable bonds is 5. The Morgan fingerprint density at radius 1 is 0.892 bits per heavy atom. The Hall–Kier alpha value is -3.73. The van der Waals surface area contributed by atoms with Gasteiger partial charge in [-0.2, -0.15) is 0 Å². The van der Waals surface area contributed by atoms with Gasteiger partial charge in [-0.05, 0) is 62.1 Å². The molecule has 0 bridgehead atoms. The van der Waals surface area contributed by atoms with Gasteiger partial charge in [0, 0.05) is 49.4 Å². The molecule has 1 saturated heterocycles. The lowest BCUT2D eigenvalue weighted by Crippen LogP contribution is -2.49. The Kier molecular flexibility index (Phi) is 8.22. The minimum Gasteiger partial charge on any atom is -0.453 e. The second kappa shape index (κ2) is 11.5. The van der Waals surface area contributed by atoms with Crippen LogP contribution in [0.15, 0.2) is 36.4 Å². The molecule has 198 valence electrons. The molecule has 4 rings (SSSR count). The van der Waals surface area contributed by atoms with Crippen LogP contribution >= 0.6 is 0 Å². The largest absolute Gasteiger partial charge is 0.453 e. The summed E-state index contributed by atoms with van der Waals surface area (Å²) in [5.41, 5.74) is 7.24. The van der Waals surface area contributed by atoms with Crippen LogP contribution in [0, 0.1) is 11.6 Å². The lowest BCUT2D eigenvalue weighted by molar-refractivity contribution is 0.0924. The van der Waals surface area contributed by atoms with Crippen LogP contribution in [0.5, 0.6) is 0 Å². The molecule has 2 aliphatic rings. The van der Waals surface area contributed by atoms with Crippen molar-refractivity contribution in [3.05, 3.63) is 59.2 Å². The fourth-order valence-electron chi connectivity index (χ4n) is 4.68. The van der Waals surface area contributed by atoms with Crippen LogP contribution in [0.2, 0.25) is 0 Å². The molecule has 0 spiro atoms. The minimum absolute atomic E-state index is 0.0265. The second-order valence-electron chi connectivity index (χ2n) is 9.34. The van der Waals surface area contributed by atoms with Crippen molar-refractivity contribution in [3.8, 4) is 0 Å². The van der Waals surface area contributed by atoms with Crippen LogP contribution in [-0.2, 0) is 4.74 Å². The SMILES string of the molecule is COC(=O)N1CCN(c2ccc(C(=O)NC3CCC(N)CC3)cc2NC(=O)c2ccc(F)c(F)c2)CC1. The zero-order valence-electron chi connectivity index (χ0n) is 20.6. The molecule has 37 heavy (non-hydrogen) atoms. The molecule has 4 N–H and O–H groups in total. The van der Waals surface area contributed by atoms with Gasteiger partial charge in [0.2, 0.25) is 0 Å². The van der Waals surface area contributed by atoms with E-state index < -0.39 is 23.6 Å². The predicted molar refractivity (Wildman–Crippen MR) is 135 cm³/mol. The number of nitrogens with two attached hydrogens (primary N) is 1. The highest BCUT2D eigenvalue weighted by molar-refractivity contribution is 6.07. The van der Waals surface area contributed by atoms with E-state index in [0.29, 0.717) is 43.1 Å². The van der Waals surface area contributed by atoms with Crippen LogP contribution in [0.4, 0.5) is 25.0 Å². The molecule has 0 unspecified atom stereocenters. The molecular formula is C26H31F2N5O4. The highest BCUT2D eigenvalue weighted by atomic mass is 19.2. The fourth-order valence-corrected chi connectivity index (χ4v) is 4.68. The van der Waals surface area contributed by atoms with E-state index in [4.69, 9.17) is 10.5 Å². The van der Waals surface area contributed by atoms with Crippen LogP contribution in [-0.4, -0.2) is 68.2 Å². The monoisotopic (exact) mass is 515 g/mol. The van der Waals surface area contributed by atoms with Gasteiger partial charge in [0.15, 0.2) is 11.6 Å². The van der Waals surface area contributed by atoms with Gasteiger partial charge in [0.1, 0.15) is 0 Å². The van der Waals surface area contributed by atoms with Gasteiger partial charge in [-0.3, -0.25) is 9.59 Å². The van der Waals surface area contributed by atoms with Gasteiger partial charge in [0.05, 0.1) is 18.5 Å². The molecular weight excluding hydrogens is 484 g/mol. The third-order valence-corrected chi connectivity index (χ3v) is 6.85.